The second-order valence-corrected chi connectivity index (χ2v) is 5.52. The number of hydrogen-bond donors (Lipinski definition) is 2. The Hall–Kier alpha value is -2.90. The van der Waals surface area contributed by atoms with E-state index in [4.69, 9.17) is 4.74 Å². The lowest BCUT2D eigenvalue weighted by atomic mass is 9.98. The summed E-state index contributed by atoms with van der Waals surface area (Å²) in [6.07, 6.45) is 0.704. The number of carbonyl (C=O) groups is 1. The monoisotopic (exact) mass is 332 g/mol. The summed E-state index contributed by atoms with van der Waals surface area (Å²) >= 11 is 0. The second-order valence-electron chi connectivity index (χ2n) is 5.52. The van der Waals surface area contributed by atoms with E-state index >= 15 is 0 Å². The van der Waals surface area contributed by atoms with Crippen molar-refractivity contribution in [2.75, 3.05) is 13.7 Å². The zero-order valence-electron chi connectivity index (χ0n) is 13.8. The molecule has 0 aliphatic heterocycles. The topological polar surface area (TPSA) is 110 Å². The van der Waals surface area contributed by atoms with E-state index in [9.17, 15) is 14.9 Å². The van der Waals surface area contributed by atoms with E-state index in [2.05, 4.69) is 22.4 Å². The first-order chi connectivity index (χ1) is 11.4. The number of rotatable bonds is 7. The van der Waals surface area contributed by atoms with Gasteiger partial charge in [-0.25, -0.2) is 0 Å². The van der Waals surface area contributed by atoms with Crippen molar-refractivity contribution >= 4 is 11.6 Å². The molecule has 1 amide bonds. The number of hydrogen-bond acceptors (Lipinski definition) is 5. The Balaban J connectivity index is 1.91. The lowest BCUT2D eigenvalue weighted by Gasteiger charge is -2.12. The molecule has 0 spiro atoms. The van der Waals surface area contributed by atoms with E-state index in [1.807, 2.05) is 24.3 Å². The highest BCUT2D eigenvalue weighted by atomic mass is 16.6. The van der Waals surface area contributed by atoms with Crippen molar-refractivity contribution in [3.05, 3.63) is 51.3 Å². The predicted molar refractivity (Wildman–Crippen MR) is 88.3 cm³/mol. The van der Waals surface area contributed by atoms with Crippen molar-refractivity contribution < 1.29 is 14.5 Å². The molecule has 2 rings (SSSR count). The summed E-state index contributed by atoms with van der Waals surface area (Å²) in [5.74, 6) is 0.473. The van der Waals surface area contributed by atoms with Gasteiger partial charge in [0, 0.05) is 6.54 Å². The standard InChI is InChI=1S/C16H20N4O4/c1-10(12-4-6-13(24-3)7-5-12)8-9-17-16(21)14-15(20(22)23)11(2)18-19-14/h4-7,10H,8-9H2,1-3H3,(H,17,21)(H,18,19)/t10-/m0/s1. The molecule has 1 aromatic carbocycles. The van der Waals surface area contributed by atoms with Crippen LogP contribution in [0.15, 0.2) is 24.3 Å². The first-order valence-electron chi connectivity index (χ1n) is 7.55. The zero-order valence-corrected chi connectivity index (χ0v) is 13.8. The molecule has 0 bridgehead atoms. The van der Waals surface area contributed by atoms with Crippen LogP contribution in [-0.4, -0.2) is 34.7 Å². The van der Waals surface area contributed by atoms with Gasteiger partial charge < -0.3 is 10.1 Å². The number of H-pyrrole nitrogens is 1. The van der Waals surface area contributed by atoms with Gasteiger partial charge in [-0.05, 0) is 37.0 Å². The molecule has 8 nitrogen and oxygen atoms in total. The van der Waals surface area contributed by atoms with Crippen LogP contribution in [0.1, 0.15) is 41.0 Å². The van der Waals surface area contributed by atoms with Crippen LogP contribution in [0.3, 0.4) is 0 Å². The molecular formula is C16H20N4O4. The fourth-order valence-electron chi connectivity index (χ4n) is 2.39. The summed E-state index contributed by atoms with van der Waals surface area (Å²) in [4.78, 5) is 22.4. The maximum absolute atomic E-state index is 12.1. The number of carbonyl (C=O) groups excluding carboxylic acids is 1. The lowest BCUT2D eigenvalue weighted by Crippen LogP contribution is -2.26. The number of benzene rings is 1. The summed E-state index contributed by atoms with van der Waals surface area (Å²) in [7, 11) is 1.61. The minimum Gasteiger partial charge on any atom is -0.497 e. The van der Waals surface area contributed by atoms with Crippen LogP contribution < -0.4 is 10.1 Å². The van der Waals surface area contributed by atoms with Crippen LogP contribution in [0.25, 0.3) is 0 Å². The molecule has 0 aliphatic carbocycles. The third-order valence-electron chi connectivity index (χ3n) is 3.86. The molecule has 2 N–H and O–H groups in total. The van der Waals surface area contributed by atoms with Gasteiger partial charge >= 0.3 is 5.69 Å². The highest BCUT2D eigenvalue weighted by Crippen LogP contribution is 2.22. The van der Waals surface area contributed by atoms with Gasteiger partial charge in [-0.2, -0.15) is 5.10 Å². The van der Waals surface area contributed by atoms with E-state index in [1.54, 1.807) is 7.11 Å². The van der Waals surface area contributed by atoms with Crippen LogP contribution in [-0.2, 0) is 0 Å². The minimum absolute atomic E-state index is 0.186. The predicted octanol–water partition coefficient (Wildman–Crippen LogP) is 2.56. The van der Waals surface area contributed by atoms with Crippen LogP contribution in [0, 0.1) is 17.0 Å². The van der Waals surface area contributed by atoms with E-state index in [1.165, 1.54) is 6.92 Å². The Kier molecular flexibility index (Phi) is 5.51. The number of nitro groups is 1. The summed E-state index contributed by atoms with van der Waals surface area (Å²) in [6.45, 7) is 3.96. The Morgan fingerprint density at radius 2 is 2.08 bits per heavy atom. The molecule has 1 atom stereocenters. The molecule has 1 aromatic heterocycles. The summed E-state index contributed by atoms with van der Waals surface area (Å²) in [5.41, 5.74) is 0.925. The maximum atomic E-state index is 12.1. The normalized spacial score (nSPS) is 11.8. The average molecular weight is 332 g/mol. The molecule has 128 valence electrons. The third-order valence-corrected chi connectivity index (χ3v) is 3.86. The first-order valence-corrected chi connectivity index (χ1v) is 7.55. The van der Waals surface area contributed by atoms with Crippen molar-refractivity contribution in [1.82, 2.24) is 15.5 Å². The Bertz CT molecular complexity index is 724. The quantitative estimate of drug-likeness (QED) is 0.598. The van der Waals surface area contributed by atoms with Gasteiger partial charge in [0.2, 0.25) is 5.69 Å². The van der Waals surface area contributed by atoms with Gasteiger partial charge in [0.15, 0.2) is 0 Å². The van der Waals surface area contributed by atoms with E-state index < -0.39 is 10.8 Å². The molecule has 1 heterocycles. The number of amides is 1. The number of nitrogens with zero attached hydrogens (tertiary/aromatic N) is 2. The molecule has 0 radical (unpaired) electrons. The number of aryl methyl sites for hydroxylation is 1. The van der Waals surface area contributed by atoms with E-state index in [0.717, 1.165) is 11.3 Å². The van der Waals surface area contributed by atoms with Crippen LogP contribution >= 0.6 is 0 Å². The average Bonchev–Trinajstić information content (AvgIpc) is 2.96. The zero-order chi connectivity index (χ0) is 17.7. The summed E-state index contributed by atoms with van der Waals surface area (Å²) in [6, 6.07) is 7.74. The van der Waals surface area contributed by atoms with Gasteiger partial charge in [0.25, 0.3) is 5.91 Å². The maximum Gasteiger partial charge on any atom is 0.322 e. The third kappa shape index (κ3) is 3.89. The smallest absolute Gasteiger partial charge is 0.322 e. The van der Waals surface area contributed by atoms with Gasteiger partial charge in [-0.15, -0.1) is 0 Å². The molecular weight excluding hydrogens is 312 g/mol. The highest BCUT2D eigenvalue weighted by molar-refractivity contribution is 5.96. The number of aromatic amines is 1. The lowest BCUT2D eigenvalue weighted by molar-refractivity contribution is -0.385. The largest absolute Gasteiger partial charge is 0.497 e. The van der Waals surface area contributed by atoms with E-state index in [-0.39, 0.29) is 23.0 Å². The number of ether oxygens (including phenoxy) is 1. The van der Waals surface area contributed by atoms with Crippen molar-refractivity contribution in [2.24, 2.45) is 0 Å². The van der Waals surface area contributed by atoms with Crippen LogP contribution in [0.4, 0.5) is 5.69 Å². The Labute approximate surface area is 139 Å². The van der Waals surface area contributed by atoms with Gasteiger partial charge in [-0.3, -0.25) is 20.0 Å². The Morgan fingerprint density at radius 3 is 2.67 bits per heavy atom. The Morgan fingerprint density at radius 1 is 1.42 bits per heavy atom. The molecule has 0 fully saturated rings. The molecule has 0 unspecified atom stereocenters. The molecule has 24 heavy (non-hydrogen) atoms. The number of nitrogens with one attached hydrogen (secondary N) is 2. The number of methoxy groups -OCH3 is 1. The van der Waals surface area contributed by atoms with Gasteiger partial charge in [-0.1, -0.05) is 19.1 Å². The van der Waals surface area contributed by atoms with Gasteiger partial charge in [0.05, 0.1) is 12.0 Å². The molecule has 0 saturated carbocycles. The number of aromatic nitrogens is 2. The van der Waals surface area contributed by atoms with Crippen molar-refractivity contribution in [2.45, 2.75) is 26.2 Å². The second kappa shape index (κ2) is 7.58. The first kappa shape index (κ1) is 17.5. The van der Waals surface area contributed by atoms with Crippen molar-refractivity contribution in [3.63, 3.8) is 0 Å². The molecule has 0 aliphatic rings. The van der Waals surface area contributed by atoms with Gasteiger partial charge in [0.1, 0.15) is 11.4 Å². The fourth-order valence-corrected chi connectivity index (χ4v) is 2.39. The molecule has 8 heteroatoms. The SMILES string of the molecule is COc1ccc([C@@H](C)CCNC(=O)c2n[nH]c(C)c2[N+](=O)[O-])cc1. The van der Waals surface area contributed by atoms with Crippen LogP contribution in [0.2, 0.25) is 0 Å². The molecule has 0 saturated heterocycles. The summed E-state index contributed by atoms with van der Waals surface area (Å²) in [5, 5.41) is 19.9. The van der Waals surface area contributed by atoms with E-state index in [0.29, 0.717) is 13.0 Å². The van der Waals surface area contributed by atoms with Crippen molar-refractivity contribution in [1.29, 1.82) is 0 Å². The molecule has 2 aromatic rings. The summed E-state index contributed by atoms with van der Waals surface area (Å²) < 4.78 is 5.12. The fraction of sp³-hybridized carbons (Fsp3) is 0.375. The van der Waals surface area contributed by atoms with Crippen molar-refractivity contribution in [3.8, 4) is 5.75 Å². The highest BCUT2D eigenvalue weighted by Gasteiger charge is 2.26. The minimum atomic E-state index is -0.603. The van der Waals surface area contributed by atoms with Crippen LogP contribution in [0.5, 0.6) is 5.75 Å².